The fourth-order valence-electron chi connectivity index (χ4n) is 4.62. The molecule has 0 unspecified atom stereocenters. The molecule has 0 spiro atoms. The van der Waals surface area contributed by atoms with E-state index >= 15 is 0 Å². The zero-order valence-electron chi connectivity index (χ0n) is 23.2. The highest BCUT2D eigenvalue weighted by Crippen LogP contribution is 2.39. The van der Waals surface area contributed by atoms with Gasteiger partial charge in [-0.05, 0) is 36.6 Å². The number of benzene rings is 2. The van der Waals surface area contributed by atoms with Crippen LogP contribution in [0.1, 0.15) is 49.0 Å². The minimum Gasteiger partial charge on any atom is -0.371 e. The van der Waals surface area contributed by atoms with Crippen molar-refractivity contribution in [3.05, 3.63) is 45.4 Å². The average Bonchev–Trinajstić information content (AvgIpc) is 3.24. The van der Waals surface area contributed by atoms with Gasteiger partial charge in [-0.15, -0.1) is 0 Å². The van der Waals surface area contributed by atoms with Crippen LogP contribution in [0.5, 0.6) is 0 Å². The molecule has 7 nitrogen and oxygen atoms in total. The number of carbonyl (C=O) groups is 1. The Morgan fingerprint density at radius 1 is 1.10 bits per heavy atom. The molecule has 3 aromatic rings. The molecule has 0 saturated carbocycles. The highest BCUT2D eigenvalue weighted by molar-refractivity contribution is 6.39. The van der Waals surface area contributed by atoms with Gasteiger partial charge >= 0.3 is 12.4 Å². The summed E-state index contributed by atoms with van der Waals surface area (Å²) in [6.07, 6.45) is -10.4. The summed E-state index contributed by atoms with van der Waals surface area (Å²) in [5.74, 6) is -1.98. The lowest BCUT2D eigenvalue weighted by molar-refractivity contribution is -0.179. The Hall–Kier alpha value is -2.90. The van der Waals surface area contributed by atoms with Gasteiger partial charge < -0.3 is 25.8 Å². The van der Waals surface area contributed by atoms with E-state index in [-0.39, 0.29) is 44.0 Å². The van der Waals surface area contributed by atoms with Gasteiger partial charge in [-0.3, -0.25) is 4.79 Å². The number of amides is 1. The predicted octanol–water partition coefficient (Wildman–Crippen LogP) is 7.57. The number of anilines is 3. The van der Waals surface area contributed by atoms with E-state index in [0.717, 1.165) is 0 Å². The van der Waals surface area contributed by atoms with E-state index in [1.165, 1.54) is 6.07 Å². The molecule has 4 rings (SSSR count). The molecule has 0 atom stereocenters. The van der Waals surface area contributed by atoms with Crippen molar-refractivity contribution in [1.82, 2.24) is 14.9 Å². The van der Waals surface area contributed by atoms with Crippen molar-refractivity contribution in [3.63, 3.8) is 0 Å². The average molecular weight is 641 g/mol. The number of alkyl halides is 6. The van der Waals surface area contributed by atoms with Crippen molar-refractivity contribution in [2.45, 2.75) is 52.0 Å². The normalized spacial score (nSPS) is 14.5. The SMILES string of the molecule is CC.Cn1c(Nc2c(Cl)ccc(CN)c2Cl)nc2cc(C(=O)NCCC(F)(F)F)c(N3CCC(C(F)(F)F)CC3)cc21. The van der Waals surface area contributed by atoms with Gasteiger partial charge in [0.1, 0.15) is 0 Å². The Kier molecular flexibility index (Phi) is 10.9. The number of carbonyl (C=O) groups excluding carboxylic acids is 1. The van der Waals surface area contributed by atoms with Gasteiger partial charge in [0.25, 0.3) is 5.91 Å². The Bertz CT molecular complexity index is 1400. The van der Waals surface area contributed by atoms with Crippen LogP contribution in [0.3, 0.4) is 0 Å². The quantitative estimate of drug-likeness (QED) is 0.232. The predicted molar refractivity (Wildman–Crippen MR) is 154 cm³/mol. The number of rotatable bonds is 7. The van der Waals surface area contributed by atoms with Crippen LogP contribution in [0.25, 0.3) is 11.0 Å². The molecule has 2 aromatic carbocycles. The van der Waals surface area contributed by atoms with Crippen LogP contribution < -0.4 is 21.3 Å². The third-order valence-corrected chi connectivity index (χ3v) is 7.61. The fraction of sp³-hybridized carbons (Fsp3) is 0.481. The van der Waals surface area contributed by atoms with E-state index in [4.69, 9.17) is 28.9 Å². The number of halogens is 8. The molecular formula is C27H32Cl2F6N6O. The molecule has 1 fully saturated rings. The van der Waals surface area contributed by atoms with Crippen LogP contribution in [-0.4, -0.2) is 47.4 Å². The molecule has 232 valence electrons. The Morgan fingerprint density at radius 2 is 1.74 bits per heavy atom. The van der Waals surface area contributed by atoms with E-state index < -0.39 is 37.1 Å². The summed E-state index contributed by atoms with van der Waals surface area (Å²) in [5, 5.41) is 5.91. The Balaban J connectivity index is 0.00000237. The van der Waals surface area contributed by atoms with Crippen LogP contribution in [0, 0.1) is 5.92 Å². The molecule has 1 amide bonds. The van der Waals surface area contributed by atoms with Crippen molar-refractivity contribution >= 4 is 57.5 Å². The standard InChI is InChI=1S/C25H26Cl2F6N6O.C2H6/c1-38-19-11-18(39-8-4-14(5-9-39)25(31,32)33)15(22(40)35-7-6-24(28,29)30)10-17(19)36-23(38)37-21-16(26)3-2-13(12-34)20(21)27;1-2/h2-3,10-11,14H,4-9,12,34H2,1H3,(H,35,40)(H,36,37);1-2H3. The molecule has 1 saturated heterocycles. The van der Waals surface area contributed by atoms with Crippen molar-refractivity contribution in [2.75, 3.05) is 29.9 Å². The molecule has 15 heteroatoms. The van der Waals surface area contributed by atoms with Gasteiger partial charge in [0, 0.05) is 33.2 Å². The summed E-state index contributed by atoms with van der Waals surface area (Å²) in [7, 11) is 1.68. The van der Waals surface area contributed by atoms with Crippen LogP contribution in [-0.2, 0) is 13.6 Å². The zero-order chi connectivity index (χ0) is 31.4. The van der Waals surface area contributed by atoms with Gasteiger partial charge in [-0.25, -0.2) is 4.98 Å². The highest BCUT2D eigenvalue weighted by Gasteiger charge is 2.41. The summed E-state index contributed by atoms with van der Waals surface area (Å²) in [6.45, 7) is 3.53. The Morgan fingerprint density at radius 3 is 2.31 bits per heavy atom. The lowest BCUT2D eigenvalue weighted by Gasteiger charge is -2.35. The largest absolute Gasteiger partial charge is 0.391 e. The molecule has 0 radical (unpaired) electrons. The highest BCUT2D eigenvalue weighted by atomic mass is 35.5. The number of hydrogen-bond acceptors (Lipinski definition) is 5. The second kappa shape index (κ2) is 13.6. The van der Waals surface area contributed by atoms with Gasteiger partial charge in [0.15, 0.2) is 0 Å². The first-order valence-corrected chi connectivity index (χ1v) is 14.1. The first-order chi connectivity index (χ1) is 19.7. The number of nitrogens with two attached hydrogens (primary N) is 1. The van der Waals surface area contributed by atoms with Crippen LogP contribution >= 0.6 is 23.2 Å². The summed E-state index contributed by atoms with van der Waals surface area (Å²) in [5.41, 5.74) is 7.86. The van der Waals surface area contributed by atoms with Gasteiger partial charge in [0.2, 0.25) is 5.95 Å². The molecule has 1 aromatic heterocycles. The molecule has 2 heterocycles. The third-order valence-electron chi connectivity index (χ3n) is 6.86. The number of nitrogens with zero attached hydrogens (tertiary/aromatic N) is 3. The monoisotopic (exact) mass is 640 g/mol. The maximum atomic E-state index is 13.2. The summed E-state index contributed by atoms with van der Waals surface area (Å²) < 4.78 is 79.3. The van der Waals surface area contributed by atoms with E-state index in [9.17, 15) is 31.1 Å². The second-order valence-corrected chi connectivity index (χ2v) is 10.3. The summed E-state index contributed by atoms with van der Waals surface area (Å²) >= 11 is 12.8. The first-order valence-electron chi connectivity index (χ1n) is 13.3. The van der Waals surface area contributed by atoms with Crippen molar-refractivity contribution in [2.24, 2.45) is 18.7 Å². The molecule has 4 N–H and O–H groups in total. The van der Waals surface area contributed by atoms with Crippen molar-refractivity contribution < 1.29 is 31.1 Å². The lowest BCUT2D eigenvalue weighted by atomic mass is 9.95. The molecule has 1 aliphatic heterocycles. The number of aromatic nitrogens is 2. The number of piperidine rings is 1. The molecular weight excluding hydrogens is 609 g/mol. The topological polar surface area (TPSA) is 88.2 Å². The van der Waals surface area contributed by atoms with E-state index in [0.29, 0.717) is 38.0 Å². The smallest absolute Gasteiger partial charge is 0.371 e. The second-order valence-electron chi connectivity index (χ2n) is 9.50. The minimum absolute atomic E-state index is 0.00553. The molecule has 42 heavy (non-hydrogen) atoms. The van der Waals surface area contributed by atoms with Crippen LogP contribution in [0.4, 0.5) is 43.7 Å². The first kappa shape index (κ1) is 33.6. The molecule has 0 aliphatic carbocycles. The number of nitrogens with one attached hydrogen (secondary N) is 2. The van der Waals surface area contributed by atoms with E-state index in [2.05, 4.69) is 15.6 Å². The van der Waals surface area contributed by atoms with Crippen molar-refractivity contribution in [1.29, 1.82) is 0 Å². The number of hydrogen-bond donors (Lipinski definition) is 3. The number of imidazole rings is 1. The van der Waals surface area contributed by atoms with Gasteiger partial charge in [-0.2, -0.15) is 26.3 Å². The van der Waals surface area contributed by atoms with E-state index in [1.54, 1.807) is 34.7 Å². The fourth-order valence-corrected chi connectivity index (χ4v) is 5.17. The van der Waals surface area contributed by atoms with Crippen molar-refractivity contribution in [3.8, 4) is 0 Å². The van der Waals surface area contributed by atoms with Crippen LogP contribution in [0.15, 0.2) is 24.3 Å². The van der Waals surface area contributed by atoms with Gasteiger partial charge in [-0.1, -0.05) is 43.1 Å². The van der Waals surface area contributed by atoms with E-state index in [1.807, 2.05) is 13.8 Å². The maximum Gasteiger partial charge on any atom is 0.391 e. The maximum absolute atomic E-state index is 13.2. The van der Waals surface area contributed by atoms with Gasteiger partial charge in [0.05, 0.1) is 50.4 Å². The number of fused-ring (bicyclic) bond motifs is 1. The summed E-state index contributed by atoms with van der Waals surface area (Å²) in [4.78, 5) is 19.2. The lowest BCUT2D eigenvalue weighted by Crippen LogP contribution is -2.40. The van der Waals surface area contributed by atoms with Crippen LogP contribution in [0.2, 0.25) is 10.0 Å². The molecule has 0 bridgehead atoms. The zero-order valence-corrected chi connectivity index (χ0v) is 24.7. The molecule has 1 aliphatic rings. The summed E-state index contributed by atoms with van der Waals surface area (Å²) in [6, 6.07) is 6.31. The number of aryl methyl sites for hydroxylation is 1. The minimum atomic E-state index is -4.47. The third kappa shape index (κ3) is 7.73. The Labute approximate surface area is 249 Å².